The minimum absolute atomic E-state index is 0.00786. The summed E-state index contributed by atoms with van der Waals surface area (Å²) in [6, 6.07) is 5.15. The fraction of sp³-hybridized carbons (Fsp3) is 0.417. The van der Waals surface area contributed by atoms with Gasteiger partial charge < -0.3 is 10.2 Å². The van der Waals surface area contributed by atoms with E-state index in [4.69, 9.17) is 23.2 Å². The van der Waals surface area contributed by atoms with Gasteiger partial charge in [-0.3, -0.25) is 4.79 Å². The summed E-state index contributed by atoms with van der Waals surface area (Å²) in [5, 5.41) is 4.29. The largest absolute Gasteiger partial charge is 0.308 e. The number of hydrogen-bond donors (Lipinski definition) is 1. The van der Waals surface area contributed by atoms with Gasteiger partial charge in [0.25, 0.3) is 0 Å². The second-order valence-corrected chi connectivity index (χ2v) is 5.66. The van der Waals surface area contributed by atoms with Gasteiger partial charge >= 0.3 is 0 Å². The van der Waals surface area contributed by atoms with Crippen LogP contribution < -0.4 is 10.2 Å². The van der Waals surface area contributed by atoms with E-state index in [0.717, 1.165) is 0 Å². The van der Waals surface area contributed by atoms with Gasteiger partial charge in [-0.2, -0.15) is 0 Å². The standard InChI is InChI=1S/C12H14Cl2N2O/c1-12(2)7-16(11(17)6-15-12)10-5-8(13)3-4-9(10)14/h3-5,15H,6-7H2,1-2H3. The van der Waals surface area contributed by atoms with Crippen LogP contribution >= 0.6 is 23.2 Å². The molecule has 3 nitrogen and oxygen atoms in total. The molecule has 1 aliphatic rings. The van der Waals surface area contributed by atoms with Gasteiger partial charge in [0.1, 0.15) is 0 Å². The lowest BCUT2D eigenvalue weighted by Gasteiger charge is -2.39. The highest BCUT2D eigenvalue weighted by Crippen LogP contribution is 2.31. The molecule has 1 saturated heterocycles. The first-order chi connectivity index (χ1) is 7.89. The number of anilines is 1. The minimum atomic E-state index is -0.125. The van der Waals surface area contributed by atoms with Crippen LogP contribution in [0.5, 0.6) is 0 Å². The smallest absolute Gasteiger partial charge is 0.241 e. The van der Waals surface area contributed by atoms with Crippen molar-refractivity contribution in [3.63, 3.8) is 0 Å². The molecule has 1 aliphatic heterocycles. The van der Waals surface area contributed by atoms with Gasteiger partial charge in [0.15, 0.2) is 0 Å². The van der Waals surface area contributed by atoms with Gasteiger partial charge in [-0.1, -0.05) is 23.2 Å². The van der Waals surface area contributed by atoms with E-state index in [-0.39, 0.29) is 11.4 Å². The predicted molar refractivity (Wildman–Crippen MR) is 70.9 cm³/mol. The molecule has 1 aromatic rings. The average Bonchev–Trinajstić information content (AvgIpc) is 2.25. The first-order valence-electron chi connectivity index (χ1n) is 5.39. The molecule has 1 aromatic carbocycles. The third-order valence-corrected chi connectivity index (χ3v) is 3.33. The zero-order chi connectivity index (χ0) is 12.6. The Bertz CT molecular complexity index is 460. The van der Waals surface area contributed by atoms with Crippen LogP contribution in [0.3, 0.4) is 0 Å². The molecule has 17 heavy (non-hydrogen) atoms. The van der Waals surface area contributed by atoms with Gasteiger partial charge in [0, 0.05) is 17.1 Å². The van der Waals surface area contributed by atoms with Crippen molar-refractivity contribution in [3.8, 4) is 0 Å². The first kappa shape index (κ1) is 12.7. The van der Waals surface area contributed by atoms with E-state index in [2.05, 4.69) is 5.32 Å². The Kier molecular flexibility index (Phi) is 3.34. The number of piperazine rings is 1. The summed E-state index contributed by atoms with van der Waals surface area (Å²) in [5.74, 6) is 0.00786. The fourth-order valence-electron chi connectivity index (χ4n) is 1.86. The van der Waals surface area contributed by atoms with Crippen LogP contribution in [0.2, 0.25) is 10.0 Å². The van der Waals surface area contributed by atoms with E-state index >= 15 is 0 Å². The van der Waals surface area contributed by atoms with Crippen LogP contribution in [0.25, 0.3) is 0 Å². The molecule has 1 fully saturated rings. The third kappa shape index (κ3) is 2.73. The van der Waals surface area contributed by atoms with Crippen molar-refractivity contribution in [1.82, 2.24) is 5.32 Å². The Hall–Kier alpha value is -0.770. The van der Waals surface area contributed by atoms with Gasteiger partial charge in [0.2, 0.25) is 5.91 Å². The Morgan fingerprint density at radius 3 is 2.76 bits per heavy atom. The molecule has 92 valence electrons. The quantitative estimate of drug-likeness (QED) is 0.853. The number of rotatable bonds is 1. The van der Waals surface area contributed by atoms with Crippen molar-refractivity contribution in [2.24, 2.45) is 0 Å². The summed E-state index contributed by atoms with van der Waals surface area (Å²) < 4.78 is 0. The summed E-state index contributed by atoms with van der Waals surface area (Å²) in [6.07, 6.45) is 0. The van der Waals surface area contributed by atoms with E-state index in [0.29, 0.717) is 28.8 Å². The summed E-state index contributed by atoms with van der Waals surface area (Å²) in [5.41, 5.74) is 0.554. The first-order valence-corrected chi connectivity index (χ1v) is 6.15. The molecule has 5 heteroatoms. The number of carbonyl (C=O) groups is 1. The topological polar surface area (TPSA) is 32.3 Å². The normalized spacial score (nSPS) is 19.5. The van der Waals surface area contributed by atoms with Crippen molar-refractivity contribution >= 4 is 34.8 Å². The van der Waals surface area contributed by atoms with Crippen molar-refractivity contribution in [2.45, 2.75) is 19.4 Å². The van der Waals surface area contributed by atoms with Crippen molar-refractivity contribution in [3.05, 3.63) is 28.2 Å². The highest BCUT2D eigenvalue weighted by molar-refractivity contribution is 6.35. The van der Waals surface area contributed by atoms with Crippen molar-refractivity contribution < 1.29 is 4.79 Å². The molecule has 0 radical (unpaired) electrons. The molecule has 0 spiro atoms. The van der Waals surface area contributed by atoms with Gasteiger partial charge in [-0.25, -0.2) is 0 Å². The van der Waals surface area contributed by atoms with Gasteiger partial charge in [-0.15, -0.1) is 0 Å². The van der Waals surface area contributed by atoms with Crippen LogP contribution in [0, 0.1) is 0 Å². The number of carbonyl (C=O) groups excluding carboxylic acids is 1. The lowest BCUT2D eigenvalue weighted by Crippen LogP contribution is -2.60. The summed E-state index contributed by atoms with van der Waals surface area (Å²) >= 11 is 12.1. The maximum atomic E-state index is 11.9. The number of amides is 1. The van der Waals surface area contributed by atoms with Crippen LogP contribution in [0.1, 0.15) is 13.8 Å². The Balaban J connectivity index is 2.37. The van der Waals surface area contributed by atoms with Gasteiger partial charge in [-0.05, 0) is 32.0 Å². The predicted octanol–water partition coefficient (Wildman–Crippen LogP) is 2.71. The number of nitrogens with zero attached hydrogens (tertiary/aromatic N) is 1. The zero-order valence-electron chi connectivity index (χ0n) is 9.76. The minimum Gasteiger partial charge on any atom is -0.308 e. The molecule has 0 unspecified atom stereocenters. The third-order valence-electron chi connectivity index (χ3n) is 2.77. The second kappa shape index (κ2) is 4.48. The highest BCUT2D eigenvalue weighted by Gasteiger charge is 2.32. The lowest BCUT2D eigenvalue weighted by molar-refractivity contribution is -0.119. The molecule has 0 saturated carbocycles. The lowest BCUT2D eigenvalue weighted by atomic mass is 10.0. The number of benzene rings is 1. The van der Waals surface area contributed by atoms with Crippen molar-refractivity contribution in [2.75, 3.05) is 18.0 Å². The number of nitrogens with one attached hydrogen (secondary N) is 1. The van der Waals surface area contributed by atoms with E-state index in [1.165, 1.54) is 0 Å². The van der Waals surface area contributed by atoms with E-state index < -0.39 is 0 Å². The molecule has 0 bridgehead atoms. The molecule has 0 atom stereocenters. The Morgan fingerprint density at radius 2 is 2.06 bits per heavy atom. The molecule has 1 N–H and O–H groups in total. The van der Waals surface area contributed by atoms with Crippen LogP contribution in [-0.2, 0) is 4.79 Å². The molecule has 1 amide bonds. The Labute approximate surface area is 111 Å². The average molecular weight is 273 g/mol. The summed E-state index contributed by atoms with van der Waals surface area (Å²) in [7, 11) is 0. The molecular formula is C12H14Cl2N2O. The number of hydrogen-bond acceptors (Lipinski definition) is 2. The molecule has 1 heterocycles. The van der Waals surface area contributed by atoms with E-state index in [1.807, 2.05) is 13.8 Å². The molecular weight excluding hydrogens is 259 g/mol. The Morgan fingerprint density at radius 1 is 1.35 bits per heavy atom. The fourth-order valence-corrected chi connectivity index (χ4v) is 2.25. The number of halogens is 2. The highest BCUT2D eigenvalue weighted by atomic mass is 35.5. The molecule has 0 aromatic heterocycles. The van der Waals surface area contributed by atoms with Gasteiger partial charge in [0.05, 0.1) is 17.3 Å². The van der Waals surface area contributed by atoms with Crippen molar-refractivity contribution in [1.29, 1.82) is 0 Å². The maximum Gasteiger partial charge on any atom is 0.241 e. The zero-order valence-corrected chi connectivity index (χ0v) is 11.3. The van der Waals surface area contributed by atoms with E-state index in [9.17, 15) is 4.79 Å². The van der Waals surface area contributed by atoms with Crippen LogP contribution in [0.4, 0.5) is 5.69 Å². The van der Waals surface area contributed by atoms with E-state index in [1.54, 1.807) is 23.1 Å². The monoisotopic (exact) mass is 272 g/mol. The second-order valence-electron chi connectivity index (χ2n) is 4.81. The maximum absolute atomic E-state index is 11.9. The summed E-state index contributed by atoms with van der Waals surface area (Å²) in [6.45, 7) is 4.98. The van der Waals surface area contributed by atoms with Crippen LogP contribution in [-0.4, -0.2) is 24.5 Å². The molecule has 0 aliphatic carbocycles. The summed E-state index contributed by atoms with van der Waals surface area (Å²) in [4.78, 5) is 13.6. The van der Waals surface area contributed by atoms with Crippen LogP contribution in [0.15, 0.2) is 18.2 Å². The molecule has 2 rings (SSSR count). The SMILES string of the molecule is CC1(C)CN(c2cc(Cl)ccc2Cl)C(=O)CN1.